The Bertz CT molecular complexity index is 375. The second-order valence-corrected chi connectivity index (χ2v) is 6.95. The molecule has 0 radical (unpaired) electrons. The molecule has 1 aromatic rings. The monoisotopic (exact) mass is 302 g/mol. The smallest absolute Gasteiger partial charge is 0.119 e. The maximum atomic E-state index is 5.81. The minimum Gasteiger partial charge on any atom is -0.494 e. The van der Waals surface area contributed by atoms with Crippen molar-refractivity contribution in [2.24, 2.45) is 5.92 Å². The molecule has 0 N–H and O–H groups in total. The second kappa shape index (κ2) is 10.7. The number of rotatable bonds is 10. The summed E-state index contributed by atoms with van der Waals surface area (Å²) < 4.78 is 5.81. The van der Waals surface area contributed by atoms with Crippen molar-refractivity contribution in [1.29, 1.82) is 0 Å². The van der Waals surface area contributed by atoms with Crippen LogP contribution in [0.2, 0.25) is 0 Å². The predicted molar refractivity (Wildman–Crippen MR) is 95.6 cm³/mol. The average Bonchev–Trinajstić information content (AvgIpc) is 2.57. The van der Waals surface area contributed by atoms with Crippen molar-refractivity contribution in [3.05, 3.63) is 29.8 Å². The average molecular weight is 303 g/mol. The molecule has 0 spiro atoms. The Balaban J connectivity index is 1.59. The highest BCUT2D eigenvalue weighted by molar-refractivity contribution is 5.27. The first-order chi connectivity index (χ1) is 10.9. The van der Waals surface area contributed by atoms with E-state index in [9.17, 15) is 0 Å². The van der Waals surface area contributed by atoms with E-state index in [2.05, 4.69) is 31.2 Å². The highest BCUT2D eigenvalue weighted by atomic mass is 16.5. The van der Waals surface area contributed by atoms with E-state index in [1.54, 1.807) is 0 Å². The summed E-state index contributed by atoms with van der Waals surface area (Å²) in [5, 5.41) is 0. The Labute approximate surface area is 137 Å². The molecule has 2 rings (SSSR count). The molecule has 1 heteroatoms. The van der Waals surface area contributed by atoms with Crippen molar-refractivity contribution in [3.8, 4) is 5.75 Å². The summed E-state index contributed by atoms with van der Waals surface area (Å²) >= 11 is 0. The van der Waals surface area contributed by atoms with E-state index < -0.39 is 0 Å². The number of hydrogen-bond donors (Lipinski definition) is 0. The van der Waals surface area contributed by atoms with Crippen LogP contribution in [0.4, 0.5) is 0 Å². The molecule has 1 fully saturated rings. The van der Waals surface area contributed by atoms with Crippen LogP contribution in [0.1, 0.15) is 83.1 Å². The molecule has 0 unspecified atom stereocenters. The molecule has 124 valence electrons. The molecule has 0 heterocycles. The molecule has 1 aliphatic carbocycles. The highest BCUT2D eigenvalue weighted by Gasteiger charge is 2.12. The van der Waals surface area contributed by atoms with Crippen LogP contribution in [-0.2, 0) is 6.42 Å². The zero-order valence-electron chi connectivity index (χ0n) is 14.5. The van der Waals surface area contributed by atoms with Gasteiger partial charge in [-0.25, -0.2) is 0 Å². The zero-order chi connectivity index (χ0) is 15.5. The molecule has 0 atom stereocenters. The first-order valence-corrected chi connectivity index (χ1v) is 9.60. The fraction of sp³-hybridized carbons (Fsp3) is 0.714. The summed E-state index contributed by atoms with van der Waals surface area (Å²) in [6.45, 7) is 3.11. The first kappa shape index (κ1) is 17.4. The minimum absolute atomic E-state index is 0.862. The van der Waals surface area contributed by atoms with E-state index >= 15 is 0 Å². The lowest BCUT2D eigenvalue weighted by Gasteiger charge is -2.21. The Morgan fingerprint density at radius 1 is 0.909 bits per heavy atom. The molecule has 1 nitrogen and oxygen atoms in total. The van der Waals surface area contributed by atoms with Crippen LogP contribution < -0.4 is 4.74 Å². The predicted octanol–water partition coefficient (Wildman–Crippen LogP) is 6.55. The summed E-state index contributed by atoms with van der Waals surface area (Å²) in [4.78, 5) is 0. The third kappa shape index (κ3) is 6.85. The SMILES string of the molecule is CCCCCCOc1ccc(CCCC2CCCCC2)cc1. The third-order valence-electron chi connectivity index (χ3n) is 4.99. The maximum Gasteiger partial charge on any atom is 0.119 e. The molecular weight excluding hydrogens is 268 g/mol. The van der Waals surface area contributed by atoms with Gasteiger partial charge in [0.1, 0.15) is 5.75 Å². The van der Waals surface area contributed by atoms with E-state index in [4.69, 9.17) is 4.74 Å². The minimum atomic E-state index is 0.862. The van der Waals surface area contributed by atoms with E-state index in [0.717, 1.165) is 18.3 Å². The van der Waals surface area contributed by atoms with Gasteiger partial charge in [0.2, 0.25) is 0 Å². The summed E-state index contributed by atoms with van der Waals surface area (Å²) in [6.07, 6.45) is 16.4. The molecule has 0 saturated heterocycles. The number of benzene rings is 1. The van der Waals surface area contributed by atoms with Crippen LogP contribution in [0, 0.1) is 5.92 Å². The quantitative estimate of drug-likeness (QED) is 0.445. The van der Waals surface area contributed by atoms with Gasteiger partial charge in [0.05, 0.1) is 6.61 Å². The molecule has 1 aromatic carbocycles. The van der Waals surface area contributed by atoms with Crippen molar-refractivity contribution in [3.63, 3.8) is 0 Å². The van der Waals surface area contributed by atoms with Crippen LogP contribution in [-0.4, -0.2) is 6.61 Å². The number of ether oxygens (including phenoxy) is 1. The van der Waals surface area contributed by atoms with E-state index in [1.807, 2.05) is 0 Å². The Hall–Kier alpha value is -0.980. The Morgan fingerprint density at radius 2 is 1.68 bits per heavy atom. The lowest BCUT2D eigenvalue weighted by molar-refractivity contribution is 0.305. The van der Waals surface area contributed by atoms with Crippen molar-refractivity contribution in [1.82, 2.24) is 0 Å². The van der Waals surface area contributed by atoms with Gasteiger partial charge < -0.3 is 4.74 Å². The fourth-order valence-corrected chi connectivity index (χ4v) is 3.54. The Kier molecular flexibility index (Phi) is 8.45. The summed E-state index contributed by atoms with van der Waals surface area (Å²) in [5.41, 5.74) is 1.47. The van der Waals surface area contributed by atoms with E-state index in [1.165, 1.54) is 82.6 Å². The molecule has 0 aromatic heterocycles. The summed E-state index contributed by atoms with van der Waals surface area (Å²) in [7, 11) is 0. The van der Waals surface area contributed by atoms with Gasteiger partial charge in [0.25, 0.3) is 0 Å². The maximum absolute atomic E-state index is 5.81. The van der Waals surface area contributed by atoms with Crippen LogP contribution in [0.3, 0.4) is 0 Å². The van der Waals surface area contributed by atoms with Gasteiger partial charge in [-0.2, -0.15) is 0 Å². The molecule has 22 heavy (non-hydrogen) atoms. The molecule has 1 aliphatic rings. The largest absolute Gasteiger partial charge is 0.494 e. The van der Waals surface area contributed by atoms with Gasteiger partial charge in [-0.05, 0) is 42.9 Å². The highest BCUT2D eigenvalue weighted by Crippen LogP contribution is 2.27. The van der Waals surface area contributed by atoms with Crippen LogP contribution in [0.15, 0.2) is 24.3 Å². The van der Waals surface area contributed by atoms with E-state index in [-0.39, 0.29) is 0 Å². The van der Waals surface area contributed by atoms with Crippen LogP contribution in [0.5, 0.6) is 5.75 Å². The molecule has 0 amide bonds. The van der Waals surface area contributed by atoms with Gasteiger partial charge in [-0.1, -0.05) is 76.8 Å². The topological polar surface area (TPSA) is 9.23 Å². The molecule has 1 saturated carbocycles. The fourth-order valence-electron chi connectivity index (χ4n) is 3.54. The standard InChI is InChI=1S/C21H34O/c1-2-3-4-8-18-22-21-16-14-20(15-17-21)13-9-12-19-10-6-5-7-11-19/h14-17,19H,2-13,18H2,1H3. The summed E-state index contributed by atoms with van der Waals surface area (Å²) in [6, 6.07) is 8.80. The van der Waals surface area contributed by atoms with Crippen molar-refractivity contribution in [2.75, 3.05) is 6.61 Å². The van der Waals surface area contributed by atoms with Gasteiger partial charge in [0, 0.05) is 0 Å². The van der Waals surface area contributed by atoms with Gasteiger partial charge in [-0.3, -0.25) is 0 Å². The second-order valence-electron chi connectivity index (χ2n) is 6.95. The Morgan fingerprint density at radius 3 is 2.41 bits per heavy atom. The lowest BCUT2D eigenvalue weighted by Crippen LogP contribution is -2.06. The van der Waals surface area contributed by atoms with Crippen molar-refractivity contribution >= 4 is 0 Å². The van der Waals surface area contributed by atoms with Crippen molar-refractivity contribution < 1.29 is 4.74 Å². The van der Waals surface area contributed by atoms with Gasteiger partial charge in [0.15, 0.2) is 0 Å². The molecule has 0 bridgehead atoms. The van der Waals surface area contributed by atoms with Crippen molar-refractivity contribution in [2.45, 2.75) is 84.0 Å². The zero-order valence-corrected chi connectivity index (χ0v) is 14.5. The normalized spacial score (nSPS) is 15.9. The molecule has 0 aliphatic heterocycles. The molecular formula is C21H34O. The van der Waals surface area contributed by atoms with E-state index in [0.29, 0.717) is 0 Å². The first-order valence-electron chi connectivity index (χ1n) is 9.60. The van der Waals surface area contributed by atoms with Crippen LogP contribution >= 0.6 is 0 Å². The number of aryl methyl sites for hydroxylation is 1. The number of hydrogen-bond acceptors (Lipinski definition) is 1. The lowest BCUT2D eigenvalue weighted by atomic mass is 9.85. The van der Waals surface area contributed by atoms with Crippen LogP contribution in [0.25, 0.3) is 0 Å². The summed E-state index contributed by atoms with van der Waals surface area (Å²) in [5.74, 6) is 2.05. The third-order valence-corrected chi connectivity index (χ3v) is 4.99. The van der Waals surface area contributed by atoms with Gasteiger partial charge >= 0.3 is 0 Å². The van der Waals surface area contributed by atoms with Gasteiger partial charge in [-0.15, -0.1) is 0 Å². The number of unbranched alkanes of at least 4 members (excludes halogenated alkanes) is 3.